The van der Waals surface area contributed by atoms with Crippen LogP contribution in [0.2, 0.25) is 0 Å². The summed E-state index contributed by atoms with van der Waals surface area (Å²) in [7, 11) is 1.64. The lowest BCUT2D eigenvalue weighted by Crippen LogP contribution is -2.28. The Balaban J connectivity index is 1.70. The lowest BCUT2D eigenvalue weighted by atomic mass is 9.89. The summed E-state index contributed by atoms with van der Waals surface area (Å²) in [4.78, 5) is 19.8. The Bertz CT molecular complexity index is 663. The van der Waals surface area contributed by atoms with E-state index in [2.05, 4.69) is 15.3 Å². The number of carbonyl (C=O) groups is 1. The van der Waals surface area contributed by atoms with Crippen molar-refractivity contribution in [2.75, 3.05) is 12.4 Å². The molecule has 1 aliphatic rings. The van der Waals surface area contributed by atoms with Crippen molar-refractivity contribution in [1.82, 2.24) is 9.97 Å². The third kappa shape index (κ3) is 2.77. The number of nitrogens with one attached hydrogen (secondary N) is 2. The van der Waals surface area contributed by atoms with Gasteiger partial charge in [-0.25, -0.2) is 4.98 Å². The maximum atomic E-state index is 12.4. The number of benzene rings is 1. The molecule has 1 amide bonds. The van der Waals surface area contributed by atoms with Crippen molar-refractivity contribution in [3.63, 3.8) is 0 Å². The minimum atomic E-state index is -0.000508. The Labute approximate surface area is 123 Å². The number of H-pyrrole nitrogens is 1. The number of rotatable bonds is 3. The van der Waals surface area contributed by atoms with Crippen LogP contribution in [0.5, 0.6) is 5.75 Å². The fourth-order valence-electron chi connectivity index (χ4n) is 2.76. The van der Waals surface area contributed by atoms with E-state index in [4.69, 9.17) is 4.74 Å². The Morgan fingerprint density at radius 3 is 3.10 bits per heavy atom. The molecule has 1 unspecified atom stereocenters. The van der Waals surface area contributed by atoms with Crippen molar-refractivity contribution in [2.24, 2.45) is 5.92 Å². The molecule has 1 aliphatic carbocycles. The molecule has 0 spiro atoms. The summed E-state index contributed by atoms with van der Waals surface area (Å²) in [5.41, 5.74) is 4.03. The number of aryl methyl sites for hydroxylation is 2. The number of hydrogen-bond donors (Lipinski definition) is 2. The predicted molar refractivity (Wildman–Crippen MR) is 80.5 cm³/mol. The number of methoxy groups -OCH3 is 1. The third-order valence-electron chi connectivity index (χ3n) is 4.05. The lowest BCUT2D eigenvalue weighted by Gasteiger charge is -2.21. The zero-order chi connectivity index (χ0) is 14.8. The molecule has 0 bridgehead atoms. The second-order valence-electron chi connectivity index (χ2n) is 5.44. The second-order valence-corrected chi connectivity index (χ2v) is 5.44. The summed E-state index contributed by atoms with van der Waals surface area (Å²) in [5.74, 6) is 0.869. The summed E-state index contributed by atoms with van der Waals surface area (Å²) < 4.78 is 5.18. The first-order valence-electron chi connectivity index (χ1n) is 7.14. The number of ether oxygens (including phenoxy) is 1. The molecule has 0 radical (unpaired) electrons. The number of fused-ring (bicyclic) bond motifs is 1. The van der Waals surface area contributed by atoms with Crippen molar-refractivity contribution in [3.8, 4) is 5.75 Å². The van der Waals surface area contributed by atoms with Crippen molar-refractivity contribution in [2.45, 2.75) is 26.2 Å². The van der Waals surface area contributed by atoms with Crippen LogP contribution >= 0.6 is 0 Å². The van der Waals surface area contributed by atoms with Gasteiger partial charge in [0.05, 0.1) is 19.1 Å². The average Bonchev–Trinajstić information content (AvgIpc) is 2.96. The molecule has 1 atom stereocenters. The van der Waals surface area contributed by atoms with Crippen LogP contribution in [0, 0.1) is 12.8 Å². The molecule has 2 aromatic rings. The van der Waals surface area contributed by atoms with E-state index in [1.165, 1.54) is 0 Å². The molecule has 1 heterocycles. The smallest absolute Gasteiger partial charge is 0.227 e. The zero-order valence-corrected chi connectivity index (χ0v) is 12.3. The second kappa shape index (κ2) is 5.60. The average molecular weight is 285 g/mol. The molecule has 21 heavy (non-hydrogen) atoms. The highest BCUT2D eigenvalue weighted by molar-refractivity contribution is 5.93. The number of nitrogens with zero attached hydrogens (tertiary/aromatic N) is 1. The summed E-state index contributed by atoms with van der Waals surface area (Å²) in [5, 5.41) is 3.03. The first kappa shape index (κ1) is 13.7. The van der Waals surface area contributed by atoms with Crippen LogP contribution in [-0.2, 0) is 17.6 Å². The standard InChI is InChI=1S/C16H19N3O2/c1-10-7-12(21-2)4-6-13(10)19-16(20)11-3-5-14-15(8-11)18-9-17-14/h4,6-7,9,11H,3,5,8H2,1-2H3,(H,17,18)(H,19,20). The van der Waals surface area contributed by atoms with Gasteiger partial charge >= 0.3 is 0 Å². The number of imidazole rings is 1. The van der Waals surface area contributed by atoms with Crippen molar-refractivity contribution in [1.29, 1.82) is 0 Å². The van der Waals surface area contributed by atoms with Gasteiger partial charge in [-0.15, -0.1) is 0 Å². The van der Waals surface area contributed by atoms with E-state index < -0.39 is 0 Å². The summed E-state index contributed by atoms with van der Waals surface area (Å²) >= 11 is 0. The van der Waals surface area contributed by atoms with Crippen molar-refractivity contribution < 1.29 is 9.53 Å². The van der Waals surface area contributed by atoms with E-state index in [1.54, 1.807) is 13.4 Å². The number of amides is 1. The van der Waals surface area contributed by atoms with Crippen LogP contribution in [0.3, 0.4) is 0 Å². The molecule has 0 aliphatic heterocycles. The van der Waals surface area contributed by atoms with Gasteiger partial charge in [0.15, 0.2) is 0 Å². The molecule has 2 N–H and O–H groups in total. The minimum Gasteiger partial charge on any atom is -0.497 e. The Kier molecular flexibility index (Phi) is 3.64. The lowest BCUT2D eigenvalue weighted by molar-refractivity contribution is -0.120. The minimum absolute atomic E-state index is 0.000508. The molecule has 3 rings (SSSR count). The molecule has 1 aromatic heterocycles. The first-order valence-corrected chi connectivity index (χ1v) is 7.14. The summed E-state index contributed by atoms with van der Waals surface area (Å²) in [6, 6.07) is 5.66. The number of anilines is 1. The summed E-state index contributed by atoms with van der Waals surface area (Å²) in [6.07, 6.45) is 4.15. The van der Waals surface area contributed by atoms with E-state index >= 15 is 0 Å². The SMILES string of the molecule is COc1ccc(NC(=O)C2CCc3nc[nH]c3C2)c(C)c1. The molecule has 0 saturated heterocycles. The van der Waals surface area contributed by atoms with E-state index in [0.717, 1.165) is 47.7 Å². The van der Waals surface area contributed by atoms with E-state index in [9.17, 15) is 4.79 Å². The molecule has 5 nitrogen and oxygen atoms in total. The molecular formula is C16H19N3O2. The first-order chi connectivity index (χ1) is 10.2. The van der Waals surface area contributed by atoms with E-state index in [0.29, 0.717) is 0 Å². The van der Waals surface area contributed by atoms with Crippen LogP contribution in [0.25, 0.3) is 0 Å². The van der Waals surface area contributed by atoms with Crippen LogP contribution in [-0.4, -0.2) is 23.0 Å². The Morgan fingerprint density at radius 1 is 1.48 bits per heavy atom. The van der Waals surface area contributed by atoms with Crippen LogP contribution in [0.15, 0.2) is 24.5 Å². The number of aromatic nitrogens is 2. The van der Waals surface area contributed by atoms with Gasteiger partial charge in [0.2, 0.25) is 5.91 Å². The fourth-order valence-corrected chi connectivity index (χ4v) is 2.76. The highest BCUT2D eigenvalue weighted by Gasteiger charge is 2.26. The molecule has 0 fully saturated rings. The largest absolute Gasteiger partial charge is 0.497 e. The maximum absolute atomic E-state index is 12.4. The zero-order valence-electron chi connectivity index (χ0n) is 12.3. The predicted octanol–water partition coefficient (Wildman–Crippen LogP) is 2.47. The van der Waals surface area contributed by atoms with E-state index in [1.807, 2.05) is 25.1 Å². The topological polar surface area (TPSA) is 67.0 Å². The fraction of sp³-hybridized carbons (Fsp3) is 0.375. The Morgan fingerprint density at radius 2 is 2.33 bits per heavy atom. The van der Waals surface area contributed by atoms with Crippen LogP contribution in [0.4, 0.5) is 5.69 Å². The summed E-state index contributed by atoms with van der Waals surface area (Å²) in [6.45, 7) is 1.96. The van der Waals surface area contributed by atoms with Gasteiger partial charge in [-0.1, -0.05) is 0 Å². The van der Waals surface area contributed by atoms with Gasteiger partial charge in [-0.3, -0.25) is 4.79 Å². The van der Waals surface area contributed by atoms with Gasteiger partial charge in [-0.05, 0) is 43.5 Å². The quantitative estimate of drug-likeness (QED) is 0.910. The van der Waals surface area contributed by atoms with Gasteiger partial charge < -0.3 is 15.0 Å². The van der Waals surface area contributed by atoms with Crippen molar-refractivity contribution in [3.05, 3.63) is 41.5 Å². The number of carbonyl (C=O) groups excluding carboxylic acids is 1. The van der Waals surface area contributed by atoms with Crippen LogP contribution in [0.1, 0.15) is 23.4 Å². The van der Waals surface area contributed by atoms with Crippen molar-refractivity contribution >= 4 is 11.6 Å². The van der Waals surface area contributed by atoms with Gasteiger partial charge in [0, 0.05) is 23.7 Å². The third-order valence-corrected chi connectivity index (χ3v) is 4.05. The molecule has 110 valence electrons. The highest BCUT2D eigenvalue weighted by atomic mass is 16.5. The Hall–Kier alpha value is -2.30. The number of hydrogen-bond acceptors (Lipinski definition) is 3. The molecule has 0 saturated carbocycles. The normalized spacial score (nSPS) is 17.1. The molecular weight excluding hydrogens is 266 g/mol. The van der Waals surface area contributed by atoms with Gasteiger partial charge in [0.25, 0.3) is 0 Å². The monoisotopic (exact) mass is 285 g/mol. The van der Waals surface area contributed by atoms with Crippen LogP contribution < -0.4 is 10.1 Å². The maximum Gasteiger partial charge on any atom is 0.227 e. The van der Waals surface area contributed by atoms with E-state index in [-0.39, 0.29) is 11.8 Å². The molecule has 1 aromatic carbocycles. The molecule has 5 heteroatoms. The highest BCUT2D eigenvalue weighted by Crippen LogP contribution is 2.26. The number of aromatic amines is 1. The van der Waals surface area contributed by atoms with Gasteiger partial charge in [0.1, 0.15) is 5.75 Å². The van der Waals surface area contributed by atoms with Gasteiger partial charge in [-0.2, -0.15) is 0 Å².